The van der Waals surface area contributed by atoms with Crippen LogP contribution in [0.2, 0.25) is 0 Å². The van der Waals surface area contributed by atoms with Crippen LogP contribution in [0.15, 0.2) is 55.2 Å². The summed E-state index contributed by atoms with van der Waals surface area (Å²) in [6.07, 6.45) is 8.29. The molecule has 7 heteroatoms. The van der Waals surface area contributed by atoms with Gasteiger partial charge in [0.15, 0.2) is 0 Å². The van der Waals surface area contributed by atoms with Gasteiger partial charge in [0, 0.05) is 6.54 Å². The lowest BCUT2D eigenvalue weighted by Gasteiger charge is -2.21. The van der Waals surface area contributed by atoms with Gasteiger partial charge in [-0.15, -0.1) is 0 Å². The lowest BCUT2D eigenvalue weighted by molar-refractivity contribution is -0.126. The molecule has 0 radical (unpaired) electrons. The lowest BCUT2D eigenvalue weighted by atomic mass is 10.2. The van der Waals surface area contributed by atoms with Crippen LogP contribution in [0.1, 0.15) is 6.92 Å². The van der Waals surface area contributed by atoms with E-state index in [1.165, 1.54) is 11.0 Å². The van der Waals surface area contributed by atoms with Crippen molar-refractivity contribution >= 4 is 23.4 Å². The first kappa shape index (κ1) is 18.7. The Kier molecular flexibility index (Phi) is 5.59. The van der Waals surface area contributed by atoms with Crippen molar-refractivity contribution in [2.24, 2.45) is 0 Å². The third-order valence-electron chi connectivity index (χ3n) is 4.39. The number of rotatable bonds is 6. The molecule has 142 valence electrons. The number of carbonyl (C=O) groups excluding carboxylic acids is 2. The highest BCUT2D eigenvalue weighted by Crippen LogP contribution is 2.29. The summed E-state index contributed by atoms with van der Waals surface area (Å²) in [5.74, 6) is -0.535. The third-order valence-corrected chi connectivity index (χ3v) is 4.39. The van der Waals surface area contributed by atoms with E-state index in [1.807, 2.05) is 18.2 Å². The second-order valence-electron chi connectivity index (χ2n) is 6.44. The number of allylic oxidation sites excluding steroid dienone is 4. The number of halogens is 1. The summed E-state index contributed by atoms with van der Waals surface area (Å²) in [4.78, 5) is 28.7. The van der Waals surface area contributed by atoms with Gasteiger partial charge in [0.25, 0.3) is 0 Å². The number of amides is 2. The molecular weight excluding hydrogens is 349 g/mol. The minimum Gasteiger partial charge on any atom is -0.444 e. The summed E-state index contributed by atoms with van der Waals surface area (Å²) in [7, 11) is 0. The normalized spacial score (nSPS) is 20.4. The molecule has 2 fully saturated rings. The van der Waals surface area contributed by atoms with Crippen LogP contribution in [0.25, 0.3) is 0 Å². The highest BCUT2D eigenvalue weighted by molar-refractivity contribution is 5.90. The van der Waals surface area contributed by atoms with Gasteiger partial charge in [-0.05, 0) is 25.1 Å². The number of cyclic esters (lactones) is 1. The Labute approximate surface area is 157 Å². The second-order valence-corrected chi connectivity index (χ2v) is 6.44. The van der Waals surface area contributed by atoms with E-state index >= 15 is 0 Å². The number of hydrogen-bond donors (Lipinski definition) is 0. The predicted octanol–water partition coefficient (Wildman–Crippen LogP) is 3.08. The van der Waals surface area contributed by atoms with Crippen molar-refractivity contribution in [1.82, 2.24) is 4.90 Å². The van der Waals surface area contributed by atoms with Crippen LogP contribution in [0, 0.1) is 5.82 Å². The zero-order chi connectivity index (χ0) is 19.4. The summed E-state index contributed by atoms with van der Waals surface area (Å²) >= 11 is 0. The zero-order valence-corrected chi connectivity index (χ0v) is 15.2. The Balaban J connectivity index is 1.67. The average molecular weight is 371 g/mol. The molecule has 1 atom stereocenters. The van der Waals surface area contributed by atoms with Crippen molar-refractivity contribution in [3.8, 4) is 0 Å². The first-order valence-electron chi connectivity index (χ1n) is 8.74. The van der Waals surface area contributed by atoms with Gasteiger partial charge in [0.1, 0.15) is 11.9 Å². The number of hydrogen-bond acceptors (Lipinski definition) is 4. The molecule has 0 spiro atoms. The maximum atomic E-state index is 14.6. The number of anilines is 2. The average Bonchev–Trinajstić information content (AvgIpc) is 3.16. The van der Waals surface area contributed by atoms with Crippen LogP contribution < -0.4 is 9.80 Å². The van der Waals surface area contributed by atoms with E-state index in [-0.39, 0.29) is 18.6 Å². The van der Waals surface area contributed by atoms with Crippen molar-refractivity contribution in [3.63, 3.8) is 0 Å². The fourth-order valence-electron chi connectivity index (χ4n) is 3.06. The molecule has 2 saturated heterocycles. The largest absolute Gasteiger partial charge is 0.444 e. The molecule has 0 N–H and O–H groups in total. The van der Waals surface area contributed by atoms with Crippen LogP contribution in [-0.4, -0.2) is 49.3 Å². The van der Waals surface area contributed by atoms with E-state index in [9.17, 15) is 14.0 Å². The smallest absolute Gasteiger partial charge is 0.414 e. The summed E-state index contributed by atoms with van der Waals surface area (Å²) < 4.78 is 19.7. The zero-order valence-electron chi connectivity index (χ0n) is 15.2. The Morgan fingerprint density at radius 3 is 2.78 bits per heavy atom. The van der Waals surface area contributed by atoms with E-state index in [2.05, 4.69) is 6.58 Å². The fraction of sp³-hybridized carbons (Fsp3) is 0.300. The van der Waals surface area contributed by atoms with Gasteiger partial charge in [-0.2, -0.15) is 0 Å². The molecule has 2 amide bonds. The molecule has 0 aliphatic carbocycles. The highest BCUT2D eigenvalue weighted by Gasteiger charge is 2.31. The Bertz CT molecular complexity index is 806. The van der Waals surface area contributed by atoms with Gasteiger partial charge < -0.3 is 14.5 Å². The van der Waals surface area contributed by atoms with Crippen molar-refractivity contribution in [2.75, 3.05) is 36.1 Å². The molecule has 2 aliphatic rings. The molecule has 1 aromatic carbocycles. The standard InChI is InChI=1S/C20H22FN3O3/c1-3-4-5-6-7-10-22-14-23(13-19(22)25)18-9-8-16(11-17(18)21)24-12-15(2)27-20(24)26/h3-9,11,15H,1,10,12-14H2,2H3/b5-4-,7-6-. The van der Waals surface area contributed by atoms with Crippen LogP contribution in [0.4, 0.5) is 20.6 Å². The van der Waals surface area contributed by atoms with Crippen molar-refractivity contribution in [2.45, 2.75) is 13.0 Å². The molecule has 0 aromatic heterocycles. The van der Waals surface area contributed by atoms with Crippen molar-refractivity contribution in [1.29, 1.82) is 0 Å². The van der Waals surface area contributed by atoms with E-state index in [1.54, 1.807) is 41.0 Å². The first-order valence-corrected chi connectivity index (χ1v) is 8.74. The molecule has 2 aliphatic heterocycles. The lowest BCUT2D eigenvalue weighted by Crippen LogP contribution is -2.28. The Morgan fingerprint density at radius 1 is 1.30 bits per heavy atom. The van der Waals surface area contributed by atoms with Crippen LogP contribution >= 0.6 is 0 Å². The van der Waals surface area contributed by atoms with E-state index in [0.29, 0.717) is 31.1 Å². The Hall–Kier alpha value is -3.09. The van der Waals surface area contributed by atoms with Gasteiger partial charge >= 0.3 is 6.09 Å². The molecule has 2 heterocycles. The molecule has 0 saturated carbocycles. The number of ether oxygens (including phenoxy) is 1. The number of benzene rings is 1. The van der Waals surface area contributed by atoms with Crippen LogP contribution in [0.3, 0.4) is 0 Å². The minimum atomic E-state index is -0.477. The topological polar surface area (TPSA) is 53.1 Å². The SMILES string of the molecule is C=C/C=C\C=C/CN1CN(c2ccc(N3CC(C)OC3=O)cc2F)CC1=O. The van der Waals surface area contributed by atoms with Crippen LogP contribution in [0.5, 0.6) is 0 Å². The van der Waals surface area contributed by atoms with Gasteiger partial charge in [-0.1, -0.05) is 37.0 Å². The van der Waals surface area contributed by atoms with Gasteiger partial charge in [0.2, 0.25) is 5.91 Å². The highest BCUT2D eigenvalue weighted by atomic mass is 19.1. The van der Waals surface area contributed by atoms with E-state index in [4.69, 9.17) is 4.74 Å². The van der Waals surface area contributed by atoms with Crippen molar-refractivity contribution < 1.29 is 18.7 Å². The molecule has 1 unspecified atom stereocenters. The molecule has 27 heavy (non-hydrogen) atoms. The number of carbonyl (C=O) groups is 2. The molecule has 3 rings (SSSR count). The van der Waals surface area contributed by atoms with Gasteiger partial charge in [0.05, 0.1) is 31.1 Å². The first-order chi connectivity index (χ1) is 13.0. The predicted molar refractivity (Wildman–Crippen MR) is 102 cm³/mol. The monoisotopic (exact) mass is 371 g/mol. The number of nitrogens with zero attached hydrogens (tertiary/aromatic N) is 3. The summed E-state index contributed by atoms with van der Waals surface area (Å²) in [5, 5.41) is 0. The van der Waals surface area contributed by atoms with Gasteiger partial charge in [-0.25, -0.2) is 9.18 Å². The molecular formula is C20H22FN3O3. The van der Waals surface area contributed by atoms with E-state index in [0.717, 1.165) is 0 Å². The molecule has 6 nitrogen and oxygen atoms in total. The molecule has 1 aromatic rings. The quantitative estimate of drug-likeness (QED) is 0.721. The molecule has 0 bridgehead atoms. The van der Waals surface area contributed by atoms with Crippen molar-refractivity contribution in [3.05, 3.63) is 61.0 Å². The second kappa shape index (κ2) is 8.07. The maximum absolute atomic E-state index is 14.6. The summed E-state index contributed by atoms with van der Waals surface area (Å²) in [5.41, 5.74) is 0.788. The third kappa shape index (κ3) is 4.19. The minimum absolute atomic E-state index is 0.0622. The maximum Gasteiger partial charge on any atom is 0.414 e. The summed E-state index contributed by atoms with van der Waals surface area (Å²) in [6, 6.07) is 4.58. The van der Waals surface area contributed by atoms with Crippen LogP contribution in [-0.2, 0) is 9.53 Å². The van der Waals surface area contributed by atoms with Gasteiger partial charge in [-0.3, -0.25) is 9.69 Å². The summed E-state index contributed by atoms with van der Waals surface area (Å²) in [6.45, 7) is 6.64. The Morgan fingerprint density at radius 2 is 2.11 bits per heavy atom. The van der Waals surface area contributed by atoms with E-state index < -0.39 is 11.9 Å². The fourth-order valence-corrected chi connectivity index (χ4v) is 3.06.